The monoisotopic (exact) mass is 291 g/mol. The summed E-state index contributed by atoms with van der Waals surface area (Å²) in [6.07, 6.45) is 5.13. The molecule has 1 aromatic heterocycles. The van der Waals surface area contributed by atoms with Gasteiger partial charge in [-0.1, -0.05) is 23.8 Å². The molecule has 3 nitrogen and oxygen atoms in total. The SMILES string of the molecule is CC(N[C@@H]1C=C[C@H](CO)C1)c1cc2cc(Cl)ccc2o1. The van der Waals surface area contributed by atoms with E-state index in [0.29, 0.717) is 6.04 Å². The smallest absolute Gasteiger partial charge is 0.134 e. The van der Waals surface area contributed by atoms with Crippen molar-refractivity contribution in [1.82, 2.24) is 5.32 Å². The van der Waals surface area contributed by atoms with Crippen molar-refractivity contribution in [2.75, 3.05) is 6.61 Å². The molecule has 1 aliphatic rings. The quantitative estimate of drug-likeness (QED) is 0.845. The Morgan fingerprint density at radius 3 is 3.00 bits per heavy atom. The normalized spacial score (nSPS) is 23.6. The van der Waals surface area contributed by atoms with Crippen LogP contribution in [0.15, 0.2) is 40.8 Å². The van der Waals surface area contributed by atoms with Crippen LogP contribution in [0.5, 0.6) is 0 Å². The van der Waals surface area contributed by atoms with E-state index in [-0.39, 0.29) is 18.6 Å². The number of aliphatic hydroxyl groups is 1. The molecule has 0 radical (unpaired) electrons. The molecule has 0 spiro atoms. The summed E-state index contributed by atoms with van der Waals surface area (Å²) in [5.74, 6) is 1.18. The first kappa shape index (κ1) is 13.7. The van der Waals surface area contributed by atoms with Gasteiger partial charge in [0.2, 0.25) is 0 Å². The summed E-state index contributed by atoms with van der Waals surface area (Å²) in [6.45, 7) is 2.30. The highest BCUT2D eigenvalue weighted by Crippen LogP contribution is 2.27. The van der Waals surface area contributed by atoms with Crippen LogP contribution in [0.3, 0.4) is 0 Å². The summed E-state index contributed by atoms with van der Waals surface area (Å²) in [6, 6.07) is 8.08. The minimum atomic E-state index is 0.119. The maximum absolute atomic E-state index is 9.15. The van der Waals surface area contributed by atoms with E-state index in [9.17, 15) is 0 Å². The highest BCUT2D eigenvalue weighted by Gasteiger charge is 2.21. The summed E-state index contributed by atoms with van der Waals surface area (Å²) in [5, 5.41) is 14.4. The number of hydrogen-bond acceptors (Lipinski definition) is 3. The van der Waals surface area contributed by atoms with Crippen LogP contribution in [0.2, 0.25) is 5.02 Å². The average Bonchev–Trinajstić information content (AvgIpc) is 3.04. The molecule has 0 bridgehead atoms. The topological polar surface area (TPSA) is 45.4 Å². The molecule has 0 saturated heterocycles. The van der Waals surface area contributed by atoms with E-state index in [4.69, 9.17) is 21.1 Å². The van der Waals surface area contributed by atoms with Gasteiger partial charge in [0.15, 0.2) is 0 Å². The summed E-state index contributed by atoms with van der Waals surface area (Å²) in [7, 11) is 0. The second-order valence-electron chi connectivity index (χ2n) is 5.39. The van der Waals surface area contributed by atoms with Crippen LogP contribution in [0, 0.1) is 5.92 Å². The summed E-state index contributed by atoms with van der Waals surface area (Å²) in [4.78, 5) is 0. The number of furan rings is 1. The van der Waals surface area contributed by atoms with E-state index < -0.39 is 0 Å². The van der Waals surface area contributed by atoms with Crippen molar-refractivity contribution in [2.45, 2.75) is 25.4 Å². The highest BCUT2D eigenvalue weighted by molar-refractivity contribution is 6.31. The van der Waals surface area contributed by atoms with Gasteiger partial charge in [0.05, 0.1) is 6.04 Å². The molecule has 3 rings (SSSR count). The molecule has 0 amide bonds. The molecule has 0 aliphatic heterocycles. The van der Waals surface area contributed by atoms with E-state index in [2.05, 4.69) is 24.4 Å². The van der Waals surface area contributed by atoms with Gasteiger partial charge in [-0.25, -0.2) is 0 Å². The minimum absolute atomic E-state index is 0.119. The zero-order valence-electron chi connectivity index (χ0n) is 11.3. The van der Waals surface area contributed by atoms with E-state index in [0.717, 1.165) is 28.2 Å². The molecule has 0 saturated carbocycles. The van der Waals surface area contributed by atoms with Gasteiger partial charge in [-0.2, -0.15) is 0 Å². The van der Waals surface area contributed by atoms with E-state index in [1.807, 2.05) is 24.3 Å². The van der Waals surface area contributed by atoms with Crippen LogP contribution in [-0.4, -0.2) is 17.8 Å². The zero-order valence-corrected chi connectivity index (χ0v) is 12.1. The minimum Gasteiger partial charge on any atom is -0.459 e. The van der Waals surface area contributed by atoms with Gasteiger partial charge < -0.3 is 14.8 Å². The van der Waals surface area contributed by atoms with Gasteiger partial charge >= 0.3 is 0 Å². The van der Waals surface area contributed by atoms with Gasteiger partial charge in [-0.3, -0.25) is 0 Å². The van der Waals surface area contributed by atoms with Gasteiger partial charge in [-0.15, -0.1) is 0 Å². The molecule has 1 aromatic carbocycles. The first-order chi connectivity index (χ1) is 9.65. The van der Waals surface area contributed by atoms with Crippen molar-refractivity contribution in [3.8, 4) is 0 Å². The average molecular weight is 292 g/mol. The number of rotatable bonds is 4. The van der Waals surface area contributed by atoms with Crippen molar-refractivity contribution in [3.63, 3.8) is 0 Å². The maximum atomic E-state index is 9.15. The van der Waals surface area contributed by atoms with Crippen LogP contribution in [0.1, 0.15) is 25.1 Å². The van der Waals surface area contributed by atoms with Crippen LogP contribution in [0.4, 0.5) is 0 Å². The first-order valence-electron chi connectivity index (χ1n) is 6.90. The molecule has 1 unspecified atom stereocenters. The third-order valence-electron chi connectivity index (χ3n) is 3.80. The summed E-state index contributed by atoms with van der Waals surface area (Å²) < 4.78 is 5.85. The van der Waals surface area contributed by atoms with E-state index in [1.54, 1.807) is 0 Å². The molecule has 1 aliphatic carbocycles. The highest BCUT2D eigenvalue weighted by atomic mass is 35.5. The van der Waals surface area contributed by atoms with Crippen molar-refractivity contribution >= 4 is 22.6 Å². The zero-order chi connectivity index (χ0) is 14.1. The maximum Gasteiger partial charge on any atom is 0.134 e. The van der Waals surface area contributed by atoms with Gasteiger partial charge in [0.1, 0.15) is 11.3 Å². The molecular formula is C16H18ClNO2. The molecule has 1 heterocycles. The summed E-state index contributed by atoms with van der Waals surface area (Å²) >= 11 is 5.99. The largest absolute Gasteiger partial charge is 0.459 e. The number of benzene rings is 1. The van der Waals surface area contributed by atoms with Crippen LogP contribution < -0.4 is 5.32 Å². The Balaban J connectivity index is 1.72. The lowest BCUT2D eigenvalue weighted by Crippen LogP contribution is -2.29. The van der Waals surface area contributed by atoms with Crippen LogP contribution in [-0.2, 0) is 0 Å². The molecule has 0 fully saturated rings. The van der Waals surface area contributed by atoms with Crippen molar-refractivity contribution < 1.29 is 9.52 Å². The Hall–Kier alpha value is -1.29. The Morgan fingerprint density at radius 1 is 1.40 bits per heavy atom. The standard InChI is InChI=1S/C16H18ClNO2/c1-10(18-14-4-2-11(6-14)9-19)16-8-12-7-13(17)3-5-15(12)20-16/h2-5,7-8,10-11,14,18-19H,6,9H2,1H3/t10?,11-,14+/m0/s1. The number of halogens is 1. The molecule has 2 aromatic rings. The second kappa shape index (κ2) is 5.60. The lowest BCUT2D eigenvalue weighted by atomic mass is 10.1. The molecule has 106 valence electrons. The fraction of sp³-hybridized carbons (Fsp3) is 0.375. The van der Waals surface area contributed by atoms with Gasteiger partial charge in [-0.05, 0) is 37.6 Å². The lowest BCUT2D eigenvalue weighted by molar-refractivity contribution is 0.244. The lowest BCUT2D eigenvalue weighted by Gasteiger charge is -2.17. The van der Waals surface area contributed by atoms with E-state index >= 15 is 0 Å². The van der Waals surface area contributed by atoms with Crippen molar-refractivity contribution in [2.24, 2.45) is 5.92 Å². The first-order valence-corrected chi connectivity index (χ1v) is 7.27. The van der Waals surface area contributed by atoms with Crippen LogP contribution >= 0.6 is 11.6 Å². The third kappa shape index (κ3) is 2.75. The third-order valence-corrected chi connectivity index (χ3v) is 4.03. The number of nitrogens with one attached hydrogen (secondary N) is 1. The van der Waals surface area contributed by atoms with Gasteiger partial charge in [0.25, 0.3) is 0 Å². The summed E-state index contributed by atoms with van der Waals surface area (Å²) in [5.41, 5.74) is 0.855. The van der Waals surface area contributed by atoms with Crippen molar-refractivity contribution in [1.29, 1.82) is 0 Å². The molecule has 20 heavy (non-hydrogen) atoms. The second-order valence-corrected chi connectivity index (χ2v) is 5.83. The molecular weight excluding hydrogens is 274 g/mol. The predicted octanol–water partition coefficient (Wildman–Crippen LogP) is 3.67. The number of fused-ring (bicyclic) bond motifs is 1. The fourth-order valence-corrected chi connectivity index (χ4v) is 2.87. The van der Waals surface area contributed by atoms with E-state index in [1.165, 1.54) is 0 Å². The Bertz CT molecular complexity index is 634. The molecule has 3 atom stereocenters. The molecule has 4 heteroatoms. The van der Waals surface area contributed by atoms with Crippen LogP contribution in [0.25, 0.3) is 11.0 Å². The Labute approximate surface area is 123 Å². The number of hydrogen-bond donors (Lipinski definition) is 2. The molecule has 2 N–H and O–H groups in total. The predicted molar refractivity (Wildman–Crippen MR) is 80.9 cm³/mol. The van der Waals surface area contributed by atoms with Gasteiger partial charge in [0, 0.05) is 29.0 Å². The van der Waals surface area contributed by atoms with Crippen molar-refractivity contribution in [3.05, 3.63) is 47.2 Å². The number of aliphatic hydroxyl groups excluding tert-OH is 1. The fourth-order valence-electron chi connectivity index (χ4n) is 2.68. The Morgan fingerprint density at radius 2 is 2.25 bits per heavy atom. The Kier molecular flexibility index (Phi) is 3.83.